The lowest BCUT2D eigenvalue weighted by molar-refractivity contribution is -0.150. The molecule has 7 heteroatoms. The number of amides is 1. The third-order valence-corrected chi connectivity index (χ3v) is 7.81. The first-order chi connectivity index (χ1) is 17.3. The molecule has 1 aliphatic heterocycles. The van der Waals surface area contributed by atoms with Crippen molar-refractivity contribution in [1.29, 1.82) is 0 Å². The van der Waals surface area contributed by atoms with Gasteiger partial charge >= 0.3 is 0 Å². The number of piperidine rings is 1. The van der Waals surface area contributed by atoms with Crippen molar-refractivity contribution in [2.75, 3.05) is 53.6 Å². The van der Waals surface area contributed by atoms with Crippen molar-refractivity contribution in [1.82, 2.24) is 9.80 Å². The van der Waals surface area contributed by atoms with Gasteiger partial charge < -0.3 is 29.1 Å². The Morgan fingerprint density at radius 2 is 1.86 bits per heavy atom. The van der Waals surface area contributed by atoms with Gasteiger partial charge in [-0.3, -0.25) is 4.79 Å². The Hall–Kier alpha value is -1.67. The van der Waals surface area contributed by atoms with E-state index >= 15 is 0 Å². The highest BCUT2D eigenvalue weighted by Gasteiger charge is 2.33. The first-order valence-electron chi connectivity index (χ1n) is 13.8. The number of methoxy groups -OCH3 is 2. The van der Waals surface area contributed by atoms with Gasteiger partial charge in [0, 0.05) is 25.8 Å². The molecule has 0 bridgehead atoms. The van der Waals surface area contributed by atoms with Crippen LogP contribution in [0.2, 0.25) is 0 Å². The van der Waals surface area contributed by atoms with Gasteiger partial charge in [0.25, 0.3) is 0 Å². The number of benzene rings is 1. The topological polar surface area (TPSA) is 71.5 Å². The normalized spacial score (nSPS) is 16.9. The van der Waals surface area contributed by atoms with Crippen LogP contribution < -0.4 is 0 Å². The van der Waals surface area contributed by atoms with Gasteiger partial charge in [-0.2, -0.15) is 0 Å². The third-order valence-electron chi connectivity index (χ3n) is 7.81. The highest BCUT2D eigenvalue weighted by molar-refractivity contribution is 5.76. The van der Waals surface area contributed by atoms with Gasteiger partial charge in [-0.1, -0.05) is 45.7 Å². The molecule has 0 aromatic heterocycles. The molecule has 1 aromatic rings. The van der Waals surface area contributed by atoms with E-state index in [2.05, 4.69) is 38.7 Å². The van der Waals surface area contributed by atoms with Crippen LogP contribution >= 0.6 is 0 Å². The Morgan fingerprint density at radius 1 is 1.17 bits per heavy atom. The quantitative estimate of drug-likeness (QED) is 0.258. The number of likely N-dealkylation sites (tertiary alicyclic amines) is 1. The molecule has 1 N–H and O–H groups in total. The maximum Gasteiger partial charge on any atom is 0.225 e. The van der Waals surface area contributed by atoms with E-state index in [-0.39, 0.29) is 17.4 Å². The largest absolute Gasteiger partial charge is 0.508 e. The fourth-order valence-electron chi connectivity index (χ4n) is 5.04. The number of hydrogen-bond acceptors (Lipinski definition) is 6. The summed E-state index contributed by atoms with van der Waals surface area (Å²) < 4.78 is 16.5. The zero-order valence-corrected chi connectivity index (χ0v) is 23.6. The van der Waals surface area contributed by atoms with Crippen LogP contribution in [0, 0.1) is 0 Å². The summed E-state index contributed by atoms with van der Waals surface area (Å²) in [4.78, 5) is 17.3. The number of ether oxygens (including phenoxy) is 3. The van der Waals surface area contributed by atoms with Crippen molar-refractivity contribution in [3.63, 3.8) is 0 Å². The maximum absolute atomic E-state index is 13.0. The minimum atomic E-state index is -0.432. The van der Waals surface area contributed by atoms with Crippen LogP contribution in [0.4, 0.5) is 0 Å². The molecule has 206 valence electrons. The number of carbonyl (C=O) groups is 1. The van der Waals surface area contributed by atoms with Crippen LogP contribution in [-0.2, 0) is 30.8 Å². The number of aromatic hydroxyl groups is 1. The molecule has 1 saturated heterocycles. The number of nitrogens with zero attached hydrogens (tertiary/aromatic N) is 2. The van der Waals surface area contributed by atoms with Crippen molar-refractivity contribution in [3.05, 3.63) is 29.3 Å². The Balaban J connectivity index is 1.86. The van der Waals surface area contributed by atoms with Crippen LogP contribution in [0.15, 0.2) is 18.2 Å². The van der Waals surface area contributed by atoms with Gasteiger partial charge in [-0.25, -0.2) is 0 Å². The zero-order valence-electron chi connectivity index (χ0n) is 23.6. The smallest absolute Gasteiger partial charge is 0.225 e. The van der Waals surface area contributed by atoms with Crippen LogP contribution in [0.1, 0.15) is 77.3 Å². The second-order valence-electron chi connectivity index (χ2n) is 10.4. The highest BCUT2D eigenvalue weighted by atomic mass is 16.7. The number of carbonyl (C=O) groups excluding carboxylic acids is 1. The molecule has 2 rings (SSSR count). The van der Waals surface area contributed by atoms with Gasteiger partial charge in [0.05, 0.1) is 26.2 Å². The van der Waals surface area contributed by atoms with Crippen molar-refractivity contribution >= 4 is 5.91 Å². The number of phenolic OH excluding ortho intramolecular Hbond substituents is 1. The predicted molar refractivity (Wildman–Crippen MR) is 144 cm³/mol. The standard InChI is InChI=1S/C29H50N2O5/c1-7-9-10-23(3)31(22-28(34-5)35-6)27(33)14-20-36-19-13-24-11-12-26(32)25(21-24)29(4)15-17-30(8-2)18-16-29/h11-12,21,23,28,32H,7-10,13-20,22H2,1-6H3. The second-order valence-corrected chi connectivity index (χ2v) is 10.4. The zero-order chi connectivity index (χ0) is 26.6. The van der Waals surface area contributed by atoms with E-state index < -0.39 is 6.29 Å². The lowest BCUT2D eigenvalue weighted by Crippen LogP contribution is -2.44. The summed E-state index contributed by atoms with van der Waals surface area (Å²) in [6.45, 7) is 13.3. The van der Waals surface area contributed by atoms with E-state index in [0.29, 0.717) is 31.9 Å². The van der Waals surface area contributed by atoms with Crippen LogP contribution in [0.25, 0.3) is 0 Å². The predicted octanol–water partition coefficient (Wildman–Crippen LogP) is 4.74. The van der Waals surface area contributed by atoms with Crippen LogP contribution in [-0.4, -0.2) is 86.8 Å². The minimum absolute atomic E-state index is 0.000760. The van der Waals surface area contributed by atoms with Crippen molar-refractivity contribution in [2.24, 2.45) is 0 Å². The molecule has 0 radical (unpaired) electrons. The summed E-state index contributed by atoms with van der Waals surface area (Å²) in [5.41, 5.74) is 2.21. The van der Waals surface area contributed by atoms with E-state index in [0.717, 1.165) is 69.3 Å². The lowest BCUT2D eigenvalue weighted by atomic mass is 9.73. The van der Waals surface area contributed by atoms with E-state index in [1.165, 1.54) is 0 Å². The van der Waals surface area contributed by atoms with Gasteiger partial charge in [0.2, 0.25) is 5.91 Å². The Labute approximate surface area is 219 Å². The van der Waals surface area contributed by atoms with Crippen molar-refractivity contribution in [2.45, 2.75) is 90.4 Å². The molecular weight excluding hydrogens is 456 g/mol. The molecular formula is C29H50N2O5. The SMILES string of the molecule is CCCCC(C)N(CC(OC)OC)C(=O)CCOCCc1ccc(O)c(C2(C)CCN(CC)CC2)c1. The molecule has 1 atom stereocenters. The number of hydrogen-bond donors (Lipinski definition) is 1. The molecule has 0 spiro atoms. The minimum Gasteiger partial charge on any atom is -0.508 e. The highest BCUT2D eigenvalue weighted by Crippen LogP contribution is 2.40. The summed E-state index contributed by atoms with van der Waals surface area (Å²) in [6, 6.07) is 6.08. The molecule has 7 nitrogen and oxygen atoms in total. The molecule has 1 aliphatic rings. The number of phenols is 1. The number of rotatable bonds is 16. The van der Waals surface area contributed by atoms with Crippen LogP contribution in [0.3, 0.4) is 0 Å². The summed E-state index contributed by atoms with van der Waals surface area (Å²) >= 11 is 0. The molecule has 1 aromatic carbocycles. The van der Waals surface area contributed by atoms with Gasteiger partial charge in [0.15, 0.2) is 6.29 Å². The van der Waals surface area contributed by atoms with Crippen molar-refractivity contribution in [3.8, 4) is 5.75 Å². The molecule has 1 heterocycles. The summed E-state index contributed by atoms with van der Waals surface area (Å²) in [7, 11) is 3.19. The summed E-state index contributed by atoms with van der Waals surface area (Å²) in [5.74, 6) is 0.455. The molecule has 36 heavy (non-hydrogen) atoms. The molecule has 1 fully saturated rings. The molecule has 0 aliphatic carbocycles. The maximum atomic E-state index is 13.0. The first kappa shape index (κ1) is 30.6. The molecule has 1 amide bonds. The van der Waals surface area contributed by atoms with E-state index in [9.17, 15) is 9.90 Å². The fourth-order valence-corrected chi connectivity index (χ4v) is 5.04. The lowest BCUT2D eigenvalue weighted by Gasteiger charge is -2.39. The van der Waals surface area contributed by atoms with Gasteiger partial charge in [-0.05, 0) is 69.3 Å². The van der Waals surface area contributed by atoms with E-state index in [4.69, 9.17) is 14.2 Å². The monoisotopic (exact) mass is 506 g/mol. The molecule has 0 saturated carbocycles. The fraction of sp³-hybridized carbons (Fsp3) is 0.759. The molecule has 1 unspecified atom stereocenters. The van der Waals surface area contributed by atoms with Crippen molar-refractivity contribution < 1.29 is 24.1 Å². The van der Waals surface area contributed by atoms with E-state index in [1.54, 1.807) is 14.2 Å². The van der Waals surface area contributed by atoms with E-state index in [1.807, 2.05) is 17.0 Å². The van der Waals surface area contributed by atoms with Crippen LogP contribution in [0.5, 0.6) is 5.75 Å². The van der Waals surface area contributed by atoms with Gasteiger partial charge in [-0.15, -0.1) is 0 Å². The number of unbranched alkanes of at least 4 members (excludes halogenated alkanes) is 1. The summed E-state index contributed by atoms with van der Waals surface area (Å²) in [6.07, 6.45) is 5.90. The third kappa shape index (κ3) is 9.02. The first-order valence-corrected chi connectivity index (χ1v) is 13.8. The average molecular weight is 507 g/mol. The average Bonchev–Trinajstić information content (AvgIpc) is 2.89. The Bertz CT molecular complexity index is 775. The summed E-state index contributed by atoms with van der Waals surface area (Å²) in [5, 5.41) is 10.6. The Morgan fingerprint density at radius 3 is 2.47 bits per heavy atom. The van der Waals surface area contributed by atoms with Gasteiger partial charge in [0.1, 0.15) is 5.75 Å². The Kier molecular flexibility index (Phi) is 13.2. The second kappa shape index (κ2) is 15.6.